The smallest absolute Gasteiger partial charge is 0.405 e. The van der Waals surface area contributed by atoms with E-state index in [1.54, 1.807) is 14.2 Å². The van der Waals surface area contributed by atoms with Crippen LogP contribution in [0.15, 0.2) is 133 Å². The maximum Gasteiger partial charge on any atom is 0.405 e. The number of carbonyl (C=O) groups excluding carboxylic acids is 1. The molecule has 0 bridgehead atoms. The highest BCUT2D eigenvalue weighted by molar-refractivity contribution is 6.00. The largest absolute Gasteiger partial charge is 0.497 e. The third-order valence-electron chi connectivity index (χ3n) is 12.3. The highest BCUT2D eigenvalue weighted by Crippen LogP contribution is 2.51. The van der Waals surface area contributed by atoms with E-state index in [2.05, 4.69) is 30.3 Å². The fourth-order valence-electron chi connectivity index (χ4n) is 8.91. The molecule has 15 heteroatoms. The predicted molar refractivity (Wildman–Crippen MR) is 254 cm³/mol. The summed E-state index contributed by atoms with van der Waals surface area (Å²) in [6, 6.07) is 41.6. The third-order valence-corrected chi connectivity index (χ3v) is 12.3. The average Bonchev–Trinajstić information content (AvgIpc) is 3.66. The van der Waals surface area contributed by atoms with Crippen LogP contribution in [0.2, 0.25) is 0 Å². The van der Waals surface area contributed by atoms with Crippen LogP contribution in [-0.4, -0.2) is 107 Å². The highest BCUT2D eigenvalue weighted by Gasteiger charge is 2.49. The number of ether oxygens (including phenoxy) is 4. The van der Waals surface area contributed by atoms with Crippen molar-refractivity contribution in [2.45, 2.75) is 30.9 Å². The maximum atomic E-state index is 13.7. The number of nitrogens with one attached hydrogen (secondary N) is 2. The number of pyridine rings is 2. The zero-order valence-electron chi connectivity index (χ0n) is 37.8. The zero-order chi connectivity index (χ0) is 46.6. The van der Waals surface area contributed by atoms with E-state index in [-0.39, 0.29) is 0 Å². The van der Waals surface area contributed by atoms with E-state index in [1.165, 1.54) is 0 Å². The number of hydrogen-bond donors (Lipinski definition) is 2. The van der Waals surface area contributed by atoms with E-state index in [1.807, 2.05) is 133 Å². The third kappa shape index (κ3) is 11.6. The minimum absolute atomic E-state index is 0.426. The Morgan fingerprint density at radius 3 is 1.58 bits per heavy atom. The van der Waals surface area contributed by atoms with Gasteiger partial charge in [0, 0.05) is 64.5 Å². The summed E-state index contributed by atoms with van der Waals surface area (Å²) in [5.41, 5.74) is 2.19. The van der Waals surface area contributed by atoms with Crippen LogP contribution in [0.5, 0.6) is 34.8 Å². The number of benzene rings is 4. The quantitative estimate of drug-likeness (QED) is 0.0963. The molecular formula is C52H56F3N7O5. The molecule has 2 aromatic heterocycles. The van der Waals surface area contributed by atoms with Crippen LogP contribution in [0, 0.1) is 0 Å². The van der Waals surface area contributed by atoms with Crippen LogP contribution in [0.1, 0.15) is 30.4 Å². The van der Waals surface area contributed by atoms with Gasteiger partial charge in [-0.2, -0.15) is 23.1 Å². The van der Waals surface area contributed by atoms with Crippen molar-refractivity contribution in [1.82, 2.24) is 25.5 Å². The molecule has 0 atom stereocenters. The number of alkyl halides is 3. The Morgan fingerprint density at radius 1 is 0.612 bits per heavy atom. The number of hydrogen-bond acceptors (Lipinski definition) is 11. The van der Waals surface area contributed by atoms with Crippen molar-refractivity contribution in [3.05, 3.63) is 145 Å². The van der Waals surface area contributed by atoms with Gasteiger partial charge in [-0.3, -0.25) is 9.69 Å². The molecule has 1 amide bonds. The normalized spacial score (nSPS) is 15.4. The van der Waals surface area contributed by atoms with E-state index in [0.717, 1.165) is 116 Å². The molecule has 2 fully saturated rings. The lowest BCUT2D eigenvalue weighted by molar-refractivity contribution is -0.141. The van der Waals surface area contributed by atoms with Gasteiger partial charge >= 0.3 is 6.18 Å². The Bertz CT molecular complexity index is 2500. The van der Waals surface area contributed by atoms with Crippen LogP contribution in [0.4, 0.5) is 24.8 Å². The zero-order valence-corrected chi connectivity index (χ0v) is 37.8. The second kappa shape index (κ2) is 21.6. The number of aromatic nitrogens is 2. The topological polar surface area (TPSA) is 114 Å². The monoisotopic (exact) mass is 915 g/mol. The first-order valence-electron chi connectivity index (χ1n) is 22.7. The van der Waals surface area contributed by atoms with Crippen molar-refractivity contribution in [2.75, 3.05) is 89.5 Å². The van der Waals surface area contributed by atoms with Gasteiger partial charge < -0.3 is 39.4 Å². The number of amides is 1. The number of piperazine rings is 2. The van der Waals surface area contributed by atoms with E-state index in [0.29, 0.717) is 30.4 Å². The summed E-state index contributed by atoms with van der Waals surface area (Å²) in [5, 5.41) is 5.56. The van der Waals surface area contributed by atoms with Crippen molar-refractivity contribution in [3.63, 3.8) is 0 Å². The van der Waals surface area contributed by atoms with Gasteiger partial charge in [0.1, 0.15) is 46.6 Å². The van der Waals surface area contributed by atoms with Crippen LogP contribution in [-0.2, 0) is 10.2 Å². The Hall–Kier alpha value is -6.84. The molecule has 4 heterocycles. The average molecular weight is 916 g/mol. The fraction of sp³-hybridized carbons (Fsp3) is 0.327. The number of halogens is 3. The molecule has 1 aliphatic carbocycles. The fourth-order valence-corrected chi connectivity index (χ4v) is 8.91. The SMILES string of the molecule is COc1ccc(Oc2cccc(N3CCN(CCCCC4(C(=O)NCC(F)(F)F)c5ccccc5-c5ccccc54)CC3)n2)cc1.COc1ccc(Oc2cccc(N3CCNCC3)n2)cc1. The Balaban J connectivity index is 0.000000241. The van der Waals surface area contributed by atoms with Gasteiger partial charge in [-0.25, -0.2) is 0 Å². The van der Waals surface area contributed by atoms with Gasteiger partial charge in [0.25, 0.3) is 0 Å². The summed E-state index contributed by atoms with van der Waals surface area (Å²) in [4.78, 5) is 29.9. The molecular weight excluding hydrogens is 860 g/mol. The first kappa shape index (κ1) is 46.7. The number of nitrogens with zero attached hydrogens (tertiary/aromatic N) is 5. The molecule has 0 unspecified atom stereocenters. The molecule has 4 aromatic carbocycles. The standard InChI is InChI=1S/C36H37F3N4O3.C16H19N3O2/c1-45-26-15-17-27(18-16-26)46-33-14-8-13-32(41-33)43-23-21-42(22-24-43)20-7-6-19-35(34(44)40-25-36(37,38)39)30-11-4-2-9-28(30)29-10-3-5-12-31(29)35;1-20-13-5-7-14(8-6-13)21-16-4-2-3-15(18-16)19-11-9-17-10-12-19/h2-5,8-18H,6-7,19-25H2,1H3,(H,40,44);2-8,17H,9-12H2,1H3. The van der Waals surface area contributed by atoms with Crippen LogP contribution in [0.3, 0.4) is 0 Å². The second-order valence-electron chi connectivity index (χ2n) is 16.5. The lowest BCUT2D eigenvalue weighted by Crippen LogP contribution is -2.48. The Kier molecular flexibility index (Phi) is 15.1. The first-order valence-corrected chi connectivity index (χ1v) is 22.7. The molecule has 0 saturated carbocycles. The minimum Gasteiger partial charge on any atom is -0.497 e. The molecule has 3 aliphatic rings. The highest BCUT2D eigenvalue weighted by atomic mass is 19.4. The summed E-state index contributed by atoms with van der Waals surface area (Å²) in [6.07, 6.45) is -2.55. The molecule has 67 heavy (non-hydrogen) atoms. The molecule has 2 aliphatic heterocycles. The van der Waals surface area contributed by atoms with Crippen LogP contribution >= 0.6 is 0 Å². The maximum absolute atomic E-state index is 13.7. The number of anilines is 2. The van der Waals surface area contributed by atoms with Crippen molar-refractivity contribution in [3.8, 4) is 45.9 Å². The summed E-state index contributed by atoms with van der Waals surface area (Å²) in [6.45, 7) is 6.74. The summed E-state index contributed by atoms with van der Waals surface area (Å²) in [5.74, 6) is 5.35. The predicted octanol–water partition coefficient (Wildman–Crippen LogP) is 9.11. The van der Waals surface area contributed by atoms with Crippen LogP contribution < -0.4 is 39.4 Å². The van der Waals surface area contributed by atoms with E-state index < -0.39 is 24.0 Å². The van der Waals surface area contributed by atoms with Gasteiger partial charge in [0.2, 0.25) is 17.7 Å². The van der Waals surface area contributed by atoms with Crippen molar-refractivity contribution < 1.29 is 36.9 Å². The lowest BCUT2D eigenvalue weighted by Gasteiger charge is -2.36. The Labute approximate surface area is 389 Å². The molecule has 350 valence electrons. The van der Waals surface area contributed by atoms with Gasteiger partial charge in [0.15, 0.2) is 0 Å². The van der Waals surface area contributed by atoms with Crippen molar-refractivity contribution >= 4 is 17.5 Å². The summed E-state index contributed by atoms with van der Waals surface area (Å²) < 4.78 is 61.6. The van der Waals surface area contributed by atoms with E-state index in [4.69, 9.17) is 23.9 Å². The number of methoxy groups -OCH3 is 2. The summed E-state index contributed by atoms with van der Waals surface area (Å²) >= 11 is 0. The van der Waals surface area contributed by atoms with Crippen molar-refractivity contribution in [1.29, 1.82) is 0 Å². The lowest BCUT2D eigenvalue weighted by atomic mass is 9.73. The number of unbranched alkanes of at least 4 members (excludes halogenated alkanes) is 1. The molecule has 2 N–H and O–H groups in total. The van der Waals surface area contributed by atoms with E-state index >= 15 is 0 Å². The Morgan fingerprint density at radius 2 is 1.09 bits per heavy atom. The van der Waals surface area contributed by atoms with Gasteiger partial charge in [-0.05, 0) is 102 Å². The summed E-state index contributed by atoms with van der Waals surface area (Å²) in [7, 11) is 3.27. The van der Waals surface area contributed by atoms with Gasteiger partial charge in [-0.15, -0.1) is 0 Å². The first-order chi connectivity index (χ1) is 32.6. The molecule has 0 radical (unpaired) electrons. The number of carbonyl (C=O) groups is 1. The second-order valence-corrected chi connectivity index (χ2v) is 16.5. The number of rotatable bonds is 15. The van der Waals surface area contributed by atoms with Crippen LogP contribution in [0.25, 0.3) is 11.1 Å². The van der Waals surface area contributed by atoms with Crippen molar-refractivity contribution in [2.24, 2.45) is 0 Å². The molecule has 0 spiro atoms. The minimum atomic E-state index is -4.49. The van der Waals surface area contributed by atoms with E-state index in [9.17, 15) is 18.0 Å². The van der Waals surface area contributed by atoms with Gasteiger partial charge in [-0.1, -0.05) is 67.1 Å². The molecule has 9 rings (SSSR count). The number of fused-ring (bicyclic) bond motifs is 3. The van der Waals surface area contributed by atoms with Gasteiger partial charge in [0.05, 0.1) is 14.2 Å². The molecule has 6 aromatic rings. The molecule has 2 saturated heterocycles. The molecule has 12 nitrogen and oxygen atoms in total.